The van der Waals surface area contributed by atoms with Crippen LogP contribution in [0.5, 0.6) is 11.5 Å². The third kappa shape index (κ3) is 32.1. The molecular weight excluding hydrogens is 1010 g/mol. The summed E-state index contributed by atoms with van der Waals surface area (Å²) >= 11 is 0. The number of carboxylic acid groups (broad SMARTS) is 2. The van der Waals surface area contributed by atoms with E-state index in [4.69, 9.17) is 0 Å². The lowest BCUT2D eigenvalue weighted by atomic mass is 10.0. The SMILES string of the molecule is CCCCCCCCCCCCCCCC(=O)NCCCCC(NC(=O)C(CCC(=O)O)NC(=O)C(Cc1ccc(O)cc1)NC(=O)CCCC)C(=O)NC(CCC(=O)O)C(=O)NC(Cc1ccc(O)cc1)C(=O)NCCCC. The van der Waals surface area contributed by atoms with Crippen LogP contribution in [0.2, 0.25) is 0 Å². The van der Waals surface area contributed by atoms with Gasteiger partial charge in [-0.2, -0.15) is 0 Å². The molecule has 0 heterocycles. The number of hydrogen-bond acceptors (Lipinski definition) is 11. The second kappa shape index (κ2) is 41.3. The number of carbonyl (C=O) groups excluding carboxylic acids is 7. The Balaban J connectivity index is 2.32. The summed E-state index contributed by atoms with van der Waals surface area (Å²) in [6, 6.07) is 4.91. The lowest BCUT2D eigenvalue weighted by Crippen LogP contribution is -2.59. The van der Waals surface area contributed by atoms with Gasteiger partial charge in [0.05, 0.1) is 0 Å². The van der Waals surface area contributed by atoms with Crippen LogP contribution in [0.15, 0.2) is 48.5 Å². The molecule has 7 amide bonds. The highest BCUT2D eigenvalue weighted by Gasteiger charge is 2.33. The van der Waals surface area contributed by atoms with Crippen molar-refractivity contribution < 1.29 is 63.6 Å². The number of nitrogens with one attached hydrogen (secondary N) is 7. The minimum absolute atomic E-state index is 0.0171. The molecule has 11 N–H and O–H groups in total. The largest absolute Gasteiger partial charge is 0.508 e. The Kier molecular flexibility index (Phi) is 35.8. The molecule has 79 heavy (non-hydrogen) atoms. The summed E-state index contributed by atoms with van der Waals surface area (Å²) in [4.78, 5) is 120. The van der Waals surface area contributed by atoms with Crippen molar-refractivity contribution in [3.63, 3.8) is 0 Å². The number of carbonyl (C=O) groups is 9. The van der Waals surface area contributed by atoms with Crippen LogP contribution in [0.1, 0.15) is 199 Å². The molecule has 20 heteroatoms. The van der Waals surface area contributed by atoms with Gasteiger partial charge in [-0.15, -0.1) is 0 Å². The van der Waals surface area contributed by atoms with E-state index >= 15 is 0 Å². The zero-order chi connectivity index (χ0) is 58.2. The van der Waals surface area contributed by atoms with E-state index in [0.29, 0.717) is 49.8 Å². The maximum atomic E-state index is 14.4. The quantitative estimate of drug-likeness (QED) is 0.0301. The van der Waals surface area contributed by atoms with Gasteiger partial charge >= 0.3 is 11.9 Å². The average Bonchev–Trinajstić information content (AvgIpc) is 3.42. The van der Waals surface area contributed by atoms with E-state index in [9.17, 15) is 63.6 Å². The van der Waals surface area contributed by atoms with Crippen LogP contribution < -0.4 is 37.2 Å². The van der Waals surface area contributed by atoms with E-state index in [-0.39, 0.29) is 56.1 Å². The summed E-state index contributed by atoms with van der Waals surface area (Å²) in [5.41, 5.74) is 1.13. The Labute approximate surface area is 467 Å². The number of amides is 7. The minimum Gasteiger partial charge on any atom is -0.508 e. The van der Waals surface area contributed by atoms with Crippen LogP contribution in [-0.2, 0) is 56.0 Å². The Morgan fingerprint density at radius 2 is 0.722 bits per heavy atom. The molecule has 0 aliphatic rings. The fraction of sp³-hybridized carbons (Fsp3) is 0.644. The highest BCUT2D eigenvalue weighted by molar-refractivity contribution is 5.97. The molecule has 2 aromatic rings. The Bertz CT molecular complexity index is 2140. The number of rotatable bonds is 45. The third-order valence-electron chi connectivity index (χ3n) is 13.6. The lowest BCUT2D eigenvalue weighted by molar-refractivity contribution is -0.139. The maximum Gasteiger partial charge on any atom is 0.303 e. The number of aliphatic carboxylic acids is 2. The zero-order valence-electron chi connectivity index (χ0n) is 47.2. The van der Waals surface area contributed by atoms with Gasteiger partial charge in [0.2, 0.25) is 41.4 Å². The Hall–Kier alpha value is -6.73. The van der Waals surface area contributed by atoms with Gasteiger partial charge in [-0.3, -0.25) is 43.2 Å². The van der Waals surface area contributed by atoms with Gasteiger partial charge in [0.15, 0.2) is 0 Å². The molecule has 0 saturated heterocycles. The van der Waals surface area contributed by atoms with Crippen LogP contribution in [0.4, 0.5) is 0 Å². The molecule has 2 aromatic carbocycles. The van der Waals surface area contributed by atoms with E-state index < -0.39 is 103 Å². The summed E-state index contributed by atoms with van der Waals surface area (Å²) in [5.74, 6) is -7.34. The van der Waals surface area contributed by atoms with E-state index in [1.807, 2.05) is 13.8 Å². The number of benzene rings is 2. The third-order valence-corrected chi connectivity index (χ3v) is 13.6. The molecule has 5 unspecified atom stereocenters. The van der Waals surface area contributed by atoms with Gasteiger partial charge < -0.3 is 57.6 Å². The second-order valence-corrected chi connectivity index (χ2v) is 20.6. The molecule has 0 spiro atoms. The molecule has 20 nitrogen and oxygen atoms in total. The summed E-state index contributed by atoms with van der Waals surface area (Å²) < 4.78 is 0. The number of phenolic OH excluding ortho intramolecular Hbond substituents is 2. The van der Waals surface area contributed by atoms with Gasteiger partial charge in [-0.1, -0.05) is 135 Å². The predicted molar refractivity (Wildman–Crippen MR) is 302 cm³/mol. The summed E-state index contributed by atoms with van der Waals surface area (Å²) in [7, 11) is 0. The lowest BCUT2D eigenvalue weighted by Gasteiger charge is -2.27. The van der Waals surface area contributed by atoms with Gasteiger partial charge in [0.1, 0.15) is 41.7 Å². The van der Waals surface area contributed by atoms with Gasteiger partial charge in [0, 0.05) is 51.6 Å². The topological polar surface area (TPSA) is 319 Å². The van der Waals surface area contributed by atoms with Gasteiger partial charge in [-0.25, -0.2) is 0 Å². The van der Waals surface area contributed by atoms with Crippen molar-refractivity contribution in [3.8, 4) is 11.5 Å². The van der Waals surface area contributed by atoms with E-state index in [1.165, 1.54) is 82.1 Å². The van der Waals surface area contributed by atoms with Crippen molar-refractivity contribution in [3.05, 3.63) is 59.7 Å². The molecule has 2 rings (SSSR count). The normalized spacial score (nSPS) is 12.9. The van der Waals surface area contributed by atoms with Crippen molar-refractivity contribution >= 4 is 53.3 Å². The van der Waals surface area contributed by atoms with Crippen LogP contribution in [0.25, 0.3) is 0 Å². The molecule has 0 aliphatic heterocycles. The first-order valence-electron chi connectivity index (χ1n) is 29.0. The molecular formula is C59H93N7O13. The molecule has 0 radical (unpaired) electrons. The fourth-order valence-electron chi connectivity index (χ4n) is 8.79. The Morgan fingerprint density at radius 1 is 0.354 bits per heavy atom. The number of carboxylic acids is 2. The maximum absolute atomic E-state index is 14.4. The highest BCUT2D eigenvalue weighted by atomic mass is 16.4. The summed E-state index contributed by atoms with van der Waals surface area (Å²) in [6.45, 7) is 6.61. The van der Waals surface area contributed by atoms with Crippen molar-refractivity contribution in [1.29, 1.82) is 0 Å². The molecule has 0 saturated carbocycles. The molecule has 442 valence electrons. The first kappa shape index (κ1) is 68.4. The molecule has 0 fully saturated rings. The van der Waals surface area contributed by atoms with Crippen molar-refractivity contribution in [1.82, 2.24) is 37.2 Å². The van der Waals surface area contributed by atoms with E-state index in [1.54, 1.807) is 24.3 Å². The van der Waals surface area contributed by atoms with Gasteiger partial charge in [-0.05, 0) is 86.8 Å². The molecule has 0 aromatic heterocycles. The number of unbranched alkanes of at least 4 members (excludes halogenated alkanes) is 15. The number of hydrogen-bond donors (Lipinski definition) is 11. The van der Waals surface area contributed by atoms with Crippen molar-refractivity contribution in [2.45, 2.75) is 231 Å². The predicted octanol–water partition coefficient (Wildman–Crippen LogP) is 6.91. The zero-order valence-corrected chi connectivity index (χ0v) is 47.2. The fourth-order valence-corrected chi connectivity index (χ4v) is 8.79. The van der Waals surface area contributed by atoms with Gasteiger partial charge in [0.25, 0.3) is 0 Å². The number of phenols is 2. The van der Waals surface area contributed by atoms with Crippen molar-refractivity contribution in [2.75, 3.05) is 13.1 Å². The first-order valence-corrected chi connectivity index (χ1v) is 29.0. The molecule has 5 atom stereocenters. The number of aromatic hydroxyl groups is 2. The second-order valence-electron chi connectivity index (χ2n) is 20.6. The highest BCUT2D eigenvalue weighted by Crippen LogP contribution is 2.16. The minimum atomic E-state index is -1.56. The van der Waals surface area contributed by atoms with Crippen LogP contribution >= 0.6 is 0 Å². The van der Waals surface area contributed by atoms with Crippen LogP contribution in [0, 0.1) is 0 Å². The molecule has 0 aliphatic carbocycles. The summed E-state index contributed by atoms with van der Waals surface area (Å²) in [5, 5.41) is 57.8. The average molecular weight is 1110 g/mol. The first-order chi connectivity index (χ1) is 37.9. The molecule has 0 bridgehead atoms. The van der Waals surface area contributed by atoms with E-state index in [0.717, 1.165) is 32.1 Å². The van der Waals surface area contributed by atoms with Crippen LogP contribution in [-0.4, -0.2) is 117 Å². The van der Waals surface area contributed by atoms with E-state index in [2.05, 4.69) is 44.1 Å². The standard InChI is InChI=1S/C59H93N7O13/c1-4-7-10-11-12-13-14-15-16-17-18-19-20-25-51(69)60-39-22-21-23-46(56(76)64-48(35-37-54(73)74)58(78)66-49(55(75)61-38-9-6-3)40-42-26-30-44(67)31-27-42)63-57(77)47(34-36-53(71)72)65-59(79)50(62-52(70)24-8-5-2)41-43-28-32-45(68)33-29-43/h26-33,46-50,67-68H,4-25,34-41H2,1-3H3,(H,60,69)(H,61,75)(H,62,70)(H,63,77)(H,64,76)(H,65,79)(H,66,78)(H,71,72)(H,73,74). The smallest absolute Gasteiger partial charge is 0.303 e. The van der Waals surface area contributed by atoms with Crippen molar-refractivity contribution in [2.24, 2.45) is 0 Å². The van der Waals surface area contributed by atoms with Crippen LogP contribution in [0.3, 0.4) is 0 Å². The Morgan fingerprint density at radius 3 is 1.16 bits per heavy atom. The summed E-state index contributed by atoms with van der Waals surface area (Å²) in [6.07, 6.45) is 16.9. The monoisotopic (exact) mass is 1110 g/mol.